The topological polar surface area (TPSA) is 99.2 Å². The molecular formula is C21H21N7O2. The van der Waals surface area contributed by atoms with Crippen LogP contribution in [0, 0.1) is 6.92 Å². The van der Waals surface area contributed by atoms with Crippen molar-refractivity contribution in [1.82, 2.24) is 29.6 Å². The van der Waals surface area contributed by atoms with Crippen LogP contribution in [0.3, 0.4) is 0 Å². The molecule has 0 bridgehead atoms. The van der Waals surface area contributed by atoms with E-state index >= 15 is 0 Å². The molecule has 9 nitrogen and oxygen atoms in total. The maximum atomic E-state index is 12.6. The lowest BCUT2D eigenvalue weighted by molar-refractivity contribution is -0.116. The number of rotatable bonds is 4. The average molecular weight is 403 g/mol. The Morgan fingerprint density at radius 3 is 2.90 bits per heavy atom. The number of fused-ring (bicyclic) bond motifs is 2. The van der Waals surface area contributed by atoms with Gasteiger partial charge in [0.25, 0.3) is 0 Å². The second-order valence-electron chi connectivity index (χ2n) is 7.63. The minimum Gasteiger partial charge on any atom is -0.491 e. The van der Waals surface area contributed by atoms with Gasteiger partial charge in [0.2, 0.25) is 5.91 Å². The Labute approximate surface area is 172 Å². The summed E-state index contributed by atoms with van der Waals surface area (Å²) in [7, 11) is 0. The smallest absolute Gasteiger partial charge is 0.226 e. The Hall–Kier alpha value is -3.75. The number of carbonyl (C=O) groups is 1. The third-order valence-electron chi connectivity index (χ3n) is 5.10. The maximum absolute atomic E-state index is 12.6. The van der Waals surface area contributed by atoms with E-state index in [0.717, 1.165) is 22.6 Å². The summed E-state index contributed by atoms with van der Waals surface area (Å²) in [6.07, 6.45) is 1.96. The molecule has 0 saturated heterocycles. The predicted molar refractivity (Wildman–Crippen MR) is 110 cm³/mol. The standard InChI is InChI=1S/C21H21N7O2/c1-12(2)30-15-6-4-5-14(9-15)16-10-19(29)23-21-20(16)13(3)25-28(21)18-8-7-17-24-22-11-27(17)26-18/h4-9,11-12,16H,10H2,1-3H3,(H,23,29)/t16-/m0/s1. The van der Waals surface area contributed by atoms with Gasteiger partial charge in [0.15, 0.2) is 11.5 Å². The molecule has 4 heterocycles. The Morgan fingerprint density at radius 2 is 2.07 bits per heavy atom. The number of hydrogen-bond donors (Lipinski definition) is 1. The number of aryl methyl sites for hydroxylation is 1. The summed E-state index contributed by atoms with van der Waals surface area (Å²) in [5.41, 5.74) is 3.49. The lowest BCUT2D eigenvalue weighted by atomic mass is 9.86. The van der Waals surface area contributed by atoms with Crippen LogP contribution in [0.15, 0.2) is 42.7 Å². The molecule has 1 aliphatic heterocycles. The van der Waals surface area contributed by atoms with Gasteiger partial charge in [-0.25, -0.2) is 0 Å². The molecule has 0 aliphatic carbocycles. The van der Waals surface area contributed by atoms with Gasteiger partial charge in [-0.15, -0.1) is 15.3 Å². The van der Waals surface area contributed by atoms with Crippen molar-refractivity contribution in [2.75, 3.05) is 5.32 Å². The van der Waals surface area contributed by atoms with E-state index in [4.69, 9.17) is 4.74 Å². The number of nitrogens with zero attached hydrogens (tertiary/aromatic N) is 6. The normalized spacial score (nSPS) is 16.0. The zero-order chi connectivity index (χ0) is 20.8. The molecule has 3 aromatic heterocycles. The number of carbonyl (C=O) groups excluding carboxylic acids is 1. The van der Waals surface area contributed by atoms with Crippen LogP contribution < -0.4 is 10.1 Å². The van der Waals surface area contributed by atoms with E-state index in [2.05, 4.69) is 25.7 Å². The van der Waals surface area contributed by atoms with Crippen molar-refractivity contribution in [3.05, 3.63) is 59.5 Å². The van der Waals surface area contributed by atoms with Crippen molar-refractivity contribution in [2.45, 2.75) is 39.2 Å². The second kappa shape index (κ2) is 6.94. The fraction of sp³-hybridized carbons (Fsp3) is 0.286. The molecule has 1 amide bonds. The molecule has 5 rings (SSSR count). The highest BCUT2D eigenvalue weighted by atomic mass is 16.5. The third kappa shape index (κ3) is 3.08. The first-order valence-corrected chi connectivity index (χ1v) is 9.83. The van der Waals surface area contributed by atoms with Gasteiger partial charge >= 0.3 is 0 Å². The molecule has 4 aromatic rings. The summed E-state index contributed by atoms with van der Waals surface area (Å²) >= 11 is 0. The van der Waals surface area contributed by atoms with Gasteiger partial charge in [0, 0.05) is 17.9 Å². The summed E-state index contributed by atoms with van der Waals surface area (Å²) in [6.45, 7) is 5.94. The van der Waals surface area contributed by atoms with Crippen molar-refractivity contribution in [1.29, 1.82) is 0 Å². The molecular weight excluding hydrogens is 382 g/mol. The van der Waals surface area contributed by atoms with Gasteiger partial charge in [0.1, 0.15) is 17.9 Å². The van der Waals surface area contributed by atoms with E-state index in [9.17, 15) is 4.79 Å². The lowest BCUT2D eigenvalue weighted by Gasteiger charge is -2.24. The van der Waals surface area contributed by atoms with Crippen LogP contribution in [0.5, 0.6) is 5.75 Å². The van der Waals surface area contributed by atoms with Gasteiger partial charge in [-0.05, 0) is 50.6 Å². The number of aromatic nitrogens is 6. The van der Waals surface area contributed by atoms with Crippen LogP contribution >= 0.6 is 0 Å². The van der Waals surface area contributed by atoms with Gasteiger partial charge in [-0.3, -0.25) is 4.79 Å². The number of ether oxygens (including phenoxy) is 1. The number of benzene rings is 1. The quantitative estimate of drug-likeness (QED) is 0.562. The monoisotopic (exact) mass is 403 g/mol. The van der Waals surface area contributed by atoms with Crippen molar-refractivity contribution < 1.29 is 9.53 Å². The summed E-state index contributed by atoms with van der Waals surface area (Å²) in [5, 5.41) is 20.0. The molecule has 0 spiro atoms. The highest BCUT2D eigenvalue weighted by Gasteiger charge is 2.33. The Bertz CT molecular complexity index is 1260. The molecule has 30 heavy (non-hydrogen) atoms. The van der Waals surface area contributed by atoms with E-state index < -0.39 is 0 Å². The van der Waals surface area contributed by atoms with Crippen LogP contribution in [0.25, 0.3) is 11.5 Å². The SMILES string of the molecule is Cc1nn(-c2ccc3nncn3n2)c2c1[C@H](c1cccc(OC(C)C)c1)CC(=O)N2. The first-order valence-electron chi connectivity index (χ1n) is 9.83. The Balaban J connectivity index is 1.61. The van der Waals surface area contributed by atoms with Crippen molar-refractivity contribution in [3.63, 3.8) is 0 Å². The van der Waals surface area contributed by atoms with Crippen LogP contribution in [0.1, 0.15) is 43.0 Å². The molecule has 0 radical (unpaired) electrons. The molecule has 0 saturated carbocycles. The zero-order valence-corrected chi connectivity index (χ0v) is 16.9. The summed E-state index contributed by atoms with van der Waals surface area (Å²) < 4.78 is 9.10. The van der Waals surface area contributed by atoms with E-state index in [1.807, 2.05) is 57.2 Å². The first kappa shape index (κ1) is 18.3. The van der Waals surface area contributed by atoms with E-state index in [0.29, 0.717) is 23.7 Å². The third-order valence-corrected chi connectivity index (χ3v) is 5.10. The fourth-order valence-corrected chi connectivity index (χ4v) is 3.91. The average Bonchev–Trinajstić information content (AvgIpc) is 3.31. The van der Waals surface area contributed by atoms with Gasteiger partial charge in [0.05, 0.1) is 11.8 Å². The maximum Gasteiger partial charge on any atom is 0.226 e. The van der Waals surface area contributed by atoms with Gasteiger partial charge in [-0.2, -0.15) is 14.3 Å². The minimum absolute atomic E-state index is 0.0609. The van der Waals surface area contributed by atoms with Crippen molar-refractivity contribution in [2.24, 2.45) is 0 Å². The number of anilines is 1. The van der Waals surface area contributed by atoms with E-state index in [1.54, 1.807) is 9.20 Å². The van der Waals surface area contributed by atoms with Crippen LogP contribution in [0.4, 0.5) is 5.82 Å². The predicted octanol–water partition coefficient (Wildman–Crippen LogP) is 2.88. The molecule has 9 heteroatoms. The largest absolute Gasteiger partial charge is 0.491 e. The van der Waals surface area contributed by atoms with Crippen molar-refractivity contribution in [3.8, 4) is 11.6 Å². The minimum atomic E-state index is -0.114. The lowest BCUT2D eigenvalue weighted by Crippen LogP contribution is -2.25. The van der Waals surface area contributed by atoms with Crippen molar-refractivity contribution >= 4 is 17.4 Å². The number of nitrogens with one attached hydrogen (secondary N) is 1. The van der Waals surface area contributed by atoms with Gasteiger partial charge in [-0.1, -0.05) is 12.1 Å². The molecule has 1 N–H and O–H groups in total. The second-order valence-corrected chi connectivity index (χ2v) is 7.63. The summed E-state index contributed by atoms with van der Waals surface area (Å²) in [5.74, 6) is 1.83. The Morgan fingerprint density at radius 1 is 1.20 bits per heavy atom. The first-order chi connectivity index (χ1) is 14.5. The molecule has 0 fully saturated rings. The highest BCUT2D eigenvalue weighted by Crippen LogP contribution is 2.40. The zero-order valence-electron chi connectivity index (χ0n) is 16.9. The van der Waals surface area contributed by atoms with Crippen LogP contribution in [0.2, 0.25) is 0 Å². The van der Waals surface area contributed by atoms with Crippen LogP contribution in [-0.2, 0) is 4.79 Å². The molecule has 152 valence electrons. The van der Waals surface area contributed by atoms with Gasteiger partial charge < -0.3 is 10.1 Å². The fourth-order valence-electron chi connectivity index (χ4n) is 3.91. The summed E-state index contributed by atoms with van der Waals surface area (Å²) in [4.78, 5) is 12.6. The van der Waals surface area contributed by atoms with E-state index in [-0.39, 0.29) is 17.9 Å². The highest BCUT2D eigenvalue weighted by molar-refractivity contribution is 5.95. The molecule has 1 aromatic carbocycles. The van der Waals surface area contributed by atoms with E-state index in [1.165, 1.54) is 6.33 Å². The molecule has 1 atom stereocenters. The molecule has 0 unspecified atom stereocenters. The number of hydrogen-bond acceptors (Lipinski definition) is 6. The summed E-state index contributed by atoms with van der Waals surface area (Å²) in [6, 6.07) is 11.5. The number of amides is 1. The Kier molecular flexibility index (Phi) is 4.23. The molecule has 1 aliphatic rings. The van der Waals surface area contributed by atoms with Crippen LogP contribution in [-0.4, -0.2) is 41.6 Å².